The Morgan fingerprint density at radius 2 is 2.33 bits per heavy atom. The minimum absolute atomic E-state index is 0.00415. The maximum absolute atomic E-state index is 12.3. The number of nitrogens with zero attached hydrogens (tertiary/aromatic N) is 1. The molecule has 0 aliphatic carbocycles. The van der Waals surface area contributed by atoms with Crippen LogP contribution < -0.4 is 0 Å². The maximum Gasteiger partial charge on any atom is 0.253 e. The fourth-order valence-corrected chi connectivity index (χ4v) is 2.67. The highest BCUT2D eigenvalue weighted by molar-refractivity contribution is 9.10. The molecular formula is C13H15BrClNO2. The van der Waals surface area contributed by atoms with E-state index >= 15 is 0 Å². The summed E-state index contributed by atoms with van der Waals surface area (Å²) < 4.78 is 0.723. The average molecular weight is 333 g/mol. The lowest BCUT2D eigenvalue weighted by molar-refractivity contribution is 0.0762. The van der Waals surface area contributed by atoms with Crippen LogP contribution in [0.5, 0.6) is 0 Å². The number of halogens is 2. The van der Waals surface area contributed by atoms with Gasteiger partial charge >= 0.3 is 0 Å². The Bertz CT molecular complexity index is 464. The van der Waals surface area contributed by atoms with Crippen LogP contribution in [0.4, 0.5) is 0 Å². The van der Waals surface area contributed by atoms with E-state index < -0.39 is 0 Å². The predicted octanol–water partition coefficient (Wildman–Crippen LogP) is 2.95. The molecule has 0 spiro atoms. The molecule has 1 N–H and O–H groups in total. The number of rotatable bonds is 2. The van der Waals surface area contributed by atoms with Crippen molar-refractivity contribution in [3.05, 3.63) is 33.3 Å². The van der Waals surface area contributed by atoms with E-state index in [2.05, 4.69) is 15.9 Å². The summed E-state index contributed by atoms with van der Waals surface area (Å²) in [6, 6.07) is 5.17. The van der Waals surface area contributed by atoms with Gasteiger partial charge in [0, 0.05) is 29.0 Å². The largest absolute Gasteiger partial charge is 0.393 e. The van der Waals surface area contributed by atoms with Gasteiger partial charge in [0.2, 0.25) is 0 Å². The van der Waals surface area contributed by atoms with Crippen molar-refractivity contribution in [2.75, 3.05) is 13.1 Å². The fraction of sp³-hybridized carbons (Fsp3) is 0.462. The van der Waals surface area contributed by atoms with Crippen LogP contribution in [0.3, 0.4) is 0 Å². The van der Waals surface area contributed by atoms with E-state index in [4.69, 9.17) is 11.6 Å². The van der Waals surface area contributed by atoms with E-state index in [1.165, 1.54) is 0 Å². The van der Waals surface area contributed by atoms with Gasteiger partial charge in [-0.1, -0.05) is 11.6 Å². The van der Waals surface area contributed by atoms with E-state index in [0.717, 1.165) is 10.9 Å². The monoisotopic (exact) mass is 331 g/mol. The molecule has 2 rings (SSSR count). The quantitative estimate of drug-likeness (QED) is 0.904. The predicted molar refractivity (Wildman–Crippen MR) is 74.8 cm³/mol. The molecule has 18 heavy (non-hydrogen) atoms. The molecule has 2 atom stereocenters. The van der Waals surface area contributed by atoms with Crippen molar-refractivity contribution in [1.82, 2.24) is 4.90 Å². The Morgan fingerprint density at radius 1 is 1.61 bits per heavy atom. The lowest BCUT2D eigenvalue weighted by Crippen LogP contribution is -2.30. The van der Waals surface area contributed by atoms with Crippen molar-refractivity contribution < 1.29 is 9.90 Å². The fourth-order valence-electron chi connectivity index (χ4n) is 2.18. The normalized spacial score (nSPS) is 21.1. The van der Waals surface area contributed by atoms with Gasteiger partial charge in [-0.2, -0.15) is 0 Å². The van der Waals surface area contributed by atoms with Crippen LogP contribution in [0.15, 0.2) is 22.7 Å². The first-order chi connectivity index (χ1) is 8.49. The van der Waals surface area contributed by atoms with Crippen LogP contribution in [0.1, 0.15) is 23.7 Å². The van der Waals surface area contributed by atoms with Gasteiger partial charge in [0.15, 0.2) is 0 Å². The third-order valence-corrected chi connectivity index (χ3v) is 4.57. The topological polar surface area (TPSA) is 40.5 Å². The highest BCUT2D eigenvalue weighted by atomic mass is 79.9. The van der Waals surface area contributed by atoms with Gasteiger partial charge in [0.25, 0.3) is 5.91 Å². The lowest BCUT2D eigenvalue weighted by atomic mass is 10.0. The number of hydrogen-bond acceptors (Lipinski definition) is 2. The molecule has 98 valence electrons. The third-order valence-electron chi connectivity index (χ3n) is 3.36. The number of carbonyl (C=O) groups excluding carboxylic acids is 1. The molecule has 3 nitrogen and oxygen atoms in total. The molecule has 0 aromatic heterocycles. The first-order valence-electron chi connectivity index (χ1n) is 5.91. The summed E-state index contributed by atoms with van der Waals surface area (Å²) in [7, 11) is 0. The van der Waals surface area contributed by atoms with Crippen molar-refractivity contribution in [2.45, 2.75) is 19.4 Å². The number of benzene rings is 1. The van der Waals surface area contributed by atoms with Gasteiger partial charge in [-0.25, -0.2) is 0 Å². The second-order valence-corrected chi connectivity index (χ2v) is 5.93. The van der Waals surface area contributed by atoms with Crippen molar-refractivity contribution in [3.8, 4) is 0 Å². The molecule has 1 aliphatic heterocycles. The summed E-state index contributed by atoms with van der Waals surface area (Å²) in [5.41, 5.74) is 0.623. The molecule has 2 unspecified atom stereocenters. The van der Waals surface area contributed by atoms with E-state index in [-0.39, 0.29) is 17.9 Å². The van der Waals surface area contributed by atoms with Gasteiger partial charge in [-0.05, 0) is 47.5 Å². The maximum atomic E-state index is 12.3. The molecule has 1 amide bonds. The SMILES string of the molecule is CC(O)C1CCN(C(=O)c2ccc(Cl)c(Br)c2)C1. The number of amides is 1. The summed E-state index contributed by atoms with van der Waals surface area (Å²) in [5.74, 6) is 0.181. The molecule has 5 heteroatoms. The molecule has 1 saturated heterocycles. The van der Waals surface area contributed by atoms with E-state index in [9.17, 15) is 9.90 Å². The second-order valence-electron chi connectivity index (χ2n) is 4.67. The third kappa shape index (κ3) is 2.87. The first-order valence-corrected chi connectivity index (χ1v) is 7.08. The van der Waals surface area contributed by atoms with Crippen molar-refractivity contribution in [3.63, 3.8) is 0 Å². The Labute approximate surface area is 120 Å². The molecule has 0 radical (unpaired) electrons. The average Bonchev–Trinajstić information content (AvgIpc) is 2.81. The highest BCUT2D eigenvalue weighted by Crippen LogP contribution is 2.26. The van der Waals surface area contributed by atoms with Crippen LogP contribution in [-0.4, -0.2) is 35.1 Å². The van der Waals surface area contributed by atoms with E-state index in [1.54, 1.807) is 30.0 Å². The summed E-state index contributed by atoms with van der Waals surface area (Å²) in [4.78, 5) is 14.0. The van der Waals surface area contributed by atoms with Crippen LogP contribution >= 0.6 is 27.5 Å². The molecule has 1 aliphatic rings. The van der Waals surface area contributed by atoms with E-state index in [0.29, 0.717) is 23.7 Å². The number of carbonyl (C=O) groups is 1. The molecular weight excluding hydrogens is 318 g/mol. The molecule has 1 fully saturated rings. The highest BCUT2D eigenvalue weighted by Gasteiger charge is 2.29. The Balaban J connectivity index is 2.10. The van der Waals surface area contributed by atoms with E-state index in [1.807, 2.05) is 0 Å². The van der Waals surface area contributed by atoms with Gasteiger partial charge in [-0.15, -0.1) is 0 Å². The van der Waals surface area contributed by atoms with Crippen molar-refractivity contribution in [2.24, 2.45) is 5.92 Å². The Kier molecular flexibility index (Phi) is 4.30. The van der Waals surface area contributed by atoms with Crippen LogP contribution in [-0.2, 0) is 0 Å². The van der Waals surface area contributed by atoms with Crippen LogP contribution in [0.25, 0.3) is 0 Å². The zero-order chi connectivity index (χ0) is 13.3. The smallest absolute Gasteiger partial charge is 0.253 e. The van der Waals surface area contributed by atoms with Crippen LogP contribution in [0.2, 0.25) is 5.02 Å². The number of likely N-dealkylation sites (tertiary alicyclic amines) is 1. The molecule has 0 bridgehead atoms. The molecule has 1 heterocycles. The second kappa shape index (κ2) is 5.59. The van der Waals surface area contributed by atoms with Gasteiger partial charge in [0.1, 0.15) is 0 Å². The van der Waals surface area contributed by atoms with Gasteiger partial charge in [0.05, 0.1) is 11.1 Å². The summed E-state index contributed by atoms with van der Waals surface area (Å²) >= 11 is 9.22. The standard InChI is InChI=1S/C13H15BrClNO2/c1-8(17)10-4-5-16(7-10)13(18)9-2-3-12(15)11(14)6-9/h2-3,6,8,10,17H,4-5,7H2,1H3. The number of hydrogen-bond donors (Lipinski definition) is 1. The summed E-state index contributed by atoms with van der Waals surface area (Å²) in [6.07, 6.45) is 0.498. The first kappa shape index (κ1) is 13.8. The molecule has 1 aromatic carbocycles. The van der Waals surface area contributed by atoms with Crippen molar-refractivity contribution in [1.29, 1.82) is 0 Å². The molecule has 0 saturated carbocycles. The lowest BCUT2D eigenvalue weighted by Gasteiger charge is -2.18. The minimum atomic E-state index is -0.361. The van der Waals surface area contributed by atoms with Crippen LogP contribution in [0, 0.1) is 5.92 Å². The number of aliphatic hydroxyl groups is 1. The Morgan fingerprint density at radius 3 is 2.89 bits per heavy atom. The van der Waals surface area contributed by atoms with Gasteiger partial charge < -0.3 is 10.0 Å². The Hall–Kier alpha value is -0.580. The van der Waals surface area contributed by atoms with Gasteiger partial charge in [-0.3, -0.25) is 4.79 Å². The number of aliphatic hydroxyl groups excluding tert-OH is 1. The summed E-state index contributed by atoms with van der Waals surface area (Å²) in [6.45, 7) is 3.10. The zero-order valence-electron chi connectivity index (χ0n) is 10.1. The molecule has 1 aromatic rings. The summed E-state index contributed by atoms with van der Waals surface area (Å²) in [5, 5.41) is 10.1. The minimum Gasteiger partial charge on any atom is -0.393 e. The van der Waals surface area contributed by atoms with Crippen molar-refractivity contribution >= 4 is 33.4 Å². The zero-order valence-corrected chi connectivity index (χ0v) is 12.4.